The molecule has 2 heterocycles. The minimum atomic E-state index is -3.25. The van der Waals surface area contributed by atoms with Crippen molar-refractivity contribution in [1.29, 1.82) is 0 Å². The van der Waals surface area contributed by atoms with Crippen LogP contribution in [0.3, 0.4) is 0 Å². The number of rotatable bonds is 5. The Bertz CT molecular complexity index is 964. The molecule has 0 unspecified atom stereocenters. The highest BCUT2D eigenvalue weighted by molar-refractivity contribution is 7.90. The first kappa shape index (κ1) is 17.0. The molecule has 0 bridgehead atoms. The fraction of sp³-hybridized carbons (Fsp3) is 0.250. The van der Waals surface area contributed by atoms with Crippen molar-refractivity contribution < 1.29 is 17.7 Å². The summed E-state index contributed by atoms with van der Waals surface area (Å²) >= 11 is 0. The van der Waals surface area contributed by atoms with Crippen LogP contribution >= 0.6 is 0 Å². The molecule has 0 saturated carbocycles. The molecule has 3 aromatic rings. The van der Waals surface area contributed by atoms with E-state index in [0.29, 0.717) is 23.0 Å². The molecule has 0 spiro atoms. The third kappa shape index (κ3) is 4.00. The molecule has 0 radical (unpaired) electrons. The fourth-order valence-electron chi connectivity index (χ4n) is 2.02. The highest BCUT2D eigenvalue weighted by Gasteiger charge is 2.14. The Hall–Kier alpha value is -2.81. The highest BCUT2D eigenvalue weighted by Crippen LogP contribution is 2.22. The molecule has 0 aliphatic rings. The van der Waals surface area contributed by atoms with Gasteiger partial charge in [-0.05, 0) is 38.1 Å². The van der Waals surface area contributed by atoms with E-state index in [4.69, 9.17) is 9.26 Å². The van der Waals surface area contributed by atoms with E-state index in [9.17, 15) is 8.42 Å². The van der Waals surface area contributed by atoms with Crippen molar-refractivity contribution in [3.05, 3.63) is 36.7 Å². The summed E-state index contributed by atoms with van der Waals surface area (Å²) in [5, 5.41) is 3.89. The van der Waals surface area contributed by atoms with Gasteiger partial charge in [-0.1, -0.05) is 5.16 Å². The van der Waals surface area contributed by atoms with Gasteiger partial charge < -0.3 is 9.26 Å². The van der Waals surface area contributed by atoms with Gasteiger partial charge in [0, 0.05) is 11.8 Å². The molecular formula is C16H16N4O4S. The average Bonchev–Trinajstić information content (AvgIpc) is 3.04. The van der Waals surface area contributed by atoms with Crippen molar-refractivity contribution in [1.82, 2.24) is 20.1 Å². The second kappa shape index (κ2) is 6.60. The van der Waals surface area contributed by atoms with Crippen LogP contribution in [0.4, 0.5) is 0 Å². The lowest BCUT2D eigenvalue weighted by molar-refractivity contribution is 0.231. The van der Waals surface area contributed by atoms with Crippen LogP contribution in [0.1, 0.15) is 13.8 Å². The molecule has 3 rings (SSSR count). The number of hydrogen-bond acceptors (Lipinski definition) is 8. The molecular weight excluding hydrogens is 344 g/mol. The van der Waals surface area contributed by atoms with E-state index in [2.05, 4.69) is 20.1 Å². The maximum Gasteiger partial charge on any atom is 0.278 e. The molecule has 9 heteroatoms. The molecule has 8 nitrogen and oxygen atoms in total. The van der Waals surface area contributed by atoms with E-state index in [0.717, 1.165) is 6.26 Å². The lowest BCUT2D eigenvalue weighted by atomic mass is 10.2. The van der Waals surface area contributed by atoms with Crippen LogP contribution in [0.2, 0.25) is 0 Å². The van der Waals surface area contributed by atoms with Gasteiger partial charge in [0.25, 0.3) is 5.89 Å². The van der Waals surface area contributed by atoms with Crippen molar-refractivity contribution in [2.24, 2.45) is 0 Å². The normalized spacial score (nSPS) is 11.7. The molecule has 25 heavy (non-hydrogen) atoms. The van der Waals surface area contributed by atoms with Gasteiger partial charge >= 0.3 is 0 Å². The number of ether oxygens (including phenoxy) is 1. The van der Waals surface area contributed by atoms with Gasteiger partial charge in [-0.15, -0.1) is 0 Å². The van der Waals surface area contributed by atoms with E-state index in [-0.39, 0.29) is 16.9 Å². The van der Waals surface area contributed by atoms with Crippen molar-refractivity contribution in [2.75, 3.05) is 6.26 Å². The van der Waals surface area contributed by atoms with Crippen molar-refractivity contribution in [3.8, 4) is 28.9 Å². The van der Waals surface area contributed by atoms with Gasteiger partial charge in [0.1, 0.15) is 5.69 Å². The first-order valence-corrected chi connectivity index (χ1v) is 9.35. The summed E-state index contributed by atoms with van der Waals surface area (Å²) in [5.41, 5.74) is 1.05. The quantitative estimate of drug-likeness (QED) is 0.682. The second-order valence-electron chi connectivity index (χ2n) is 5.63. The number of sulfone groups is 1. The lowest BCUT2D eigenvalue weighted by Gasteiger charge is -2.07. The molecule has 0 aliphatic carbocycles. The third-order valence-electron chi connectivity index (χ3n) is 3.17. The molecule has 0 atom stereocenters. The van der Waals surface area contributed by atoms with Crippen molar-refractivity contribution in [2.45, 2.75) is 24.8 Å². The van der Waals surface area contributed by atoms with Crippen LogP contribution in [0.15, 0.2) is 46.1 Å². The molecule has 0 saturated heterocycles. The van der Waals surface area contributed by atoms with Crippen LogP contribution in [-0.2, 0) is 9.84 Å². The summed E-state index contributed by atoms with van der Waals surface area (Å²) in [6.07, 6.45) is 4.13. The summed E-state index contributed by atoms with van der Waals surface area (Å²) in [6, 6.07) is 6.24. The smallest absolute Gasteiger partial charge is 0.278 e. The average molecular weight is 360 g/mol. The van der Waals surface area contributed by atoms with Crippen LogP contribution in [0, 0.1) is 0 Å². The van der Waals surface area contributed by atoms with Gasteiger partial charge in [-0.3, -0.25) is 0 Å². The van der Waals surface area contributed by atoms with Crippen LogP contribution < -0.4 is 4.74 Å². The van der Waals surface area contributed by atoms with E-state index in [1.165, 1.54) is 24.5 Å². The SMILES string of the molecule is CC(C)Oc1cnc(-c2nc(-c3ccc(S(C)(=O)=O)cc3)no2)cn1. The summed E-state index contributed by atoms with van der Waals surface area (Å²) in [6.45, 7) is 3.80. The number of hydrogen-bond donors (Lipinski definition) is 0. The predicted molar refractivity (Wildman–Crippen MR) is 89.6 cm³/mol. The molecule has 0 amide bonds. The summed E-state index contributed by atoms with van der Waals surface area (Å²) in [5.74, 6) is 0.958. The van der Waals surface area contributed by atoms with Gasteiger partial charge in [-0.25, -0.2) is 18.4 Å². The fourth-order valence-corrected chi connectivity index (χ4v) is 2.66. The molecule has 130 valence electrons. The molecule has 0 N–H and O–H groups in total. The Morgan fingerprint density at radius 1 is 1.08 bits per heavy atom. The van der Waals surface area contributed by atoms with Gasteiger partial charge in [0.15, 0.2) is 9.84 Å². The third-order valence-corrected chi connectivity index (χ3v) is 4.30. The largest absolute Gasteiger partial charge is 0.474 e. The zero-order valence-corrected chi connectivity index (χ0v) is 14.7. The van der Waals surface area contributed by atoms with E-state index < -0.39 is 9.84 Å². The standard InChI is InChI=1S/C16H16N4O4S/c1-10(2)23-14-9-17-13(8-18-14)16-19-15(20-24-16)11-4-6-12(7-5-11)25(3,21)22/h4-10H,1-3H3. The molecule has 0 fully saturated rings. The summed E-state index contributed by atoms with van der Waals surface area (Å²) in [7, 11) is -3.25. The van der Waals surface area contributed by atoms with E-state index in [1.807, 2.05) is 13.8 Å². The van der Waals surface area contributed by atoms with Gasteiger partial charge in [0.2, 0.25) is 11.7 Å². The Kier molecular flexibility index (Phi) is 4.49. The lowest BCUT2D eigenvalue weighted by Crippen LogP contribution is -2.07. The zero-order valence-electron chi connectivity index (χ0n) is 13.9. The van der Waals surface area contributed by atoms with E-state index in [1.54, 1.807) is 12.1 Å². The molecule has 2 aromatic heterocycles. The predicted octanol–water partition coefficient (Wildman–Crippen LogP) is 2.38. The second-order valence-corrected chi connectivity index (χ2v) is 7.64. The highest BCUT2D eigenvalue weighted by atomic mass is 32.2. The van der Waals surface area contributed by atoms with Gasteiger partial charge in [-0.2, -0.15) is 4.98 Å². The van der Waals surface area contributed by atoms with E-state index >= 15 is 0 Å². The van der Waals surface area contributed by atoms with Crippen LogP contribution in [0.25, 0.3) is 23.0 Å². The number of aromatic nitrogens is 4. The van der Waals surface area contributed by atoms with Gasteiger partial charge in [0.05, 0.1) is 23.4 Å². The Morgan fingerprint density at radius 2 is 1.80 bits per heavy atom. The first-order valence-electron chi connectivity index (χ1n) is 7.46. The Morgan fingerprint density at radius 3 is 2.36 bits per heavy atom. The summed E-state index contributed by atoms with van der Waals surface area (Å²) in [4.78, 5) is 12.8. The number of nitrogens with zero attached hydrogens (tertiary/aromatic N) is 4. The zero-order chi connectivity index (χ0) is 18.0. The minimum Gasteiger partial charge on any atom is -0.474 e. The Balaban J connectivity index is 1.82. The number of benzene rings is 1. The minimum absolute atomic E-state index is 0.00469. The molecule has 1 aromatic carbocycles. The maximum absolute atomic E-state index is 11.5. The van der Waals surface area contributed by atoms with Crippen molar-refractivity contribution >= 4 is 9.84 Å². The topological polar surface area (TPSA) is 108 Å². The van der Waals surface area contributed by atoms with Crippen LogP contribution in [-0.4, -0.2) is 40.9 Å². The Labute approximate surface area is 144 Å². The summed E-state index contributed by atoms with van der Waals surface area (Å²) < 4.78 is 33.6. The maximum atomic E-state index is 11.5. The monoisotopic (exact) mass is 360 g/mol. The van der Waals surface area contributed by atoms with Crippen molar-refractivity contribution in [3.63, 3.8) is 0 Å². The first-order chi connectivity index (χ1) is 11.8. The van der Waals surface area contributed by atoms with Crippen LogP contribution in [0.5, 0.6) is 5.88 Å². The molecule has 0 aliphatic heterocycles.